The van der Waals surface area contributed by atoms with Gasteiger partial charge in [-0.1, -0.05) is 91.2 Å². The van der Waals surface area contributed by atoms with Crippen molar-refractivity contribution in [2.24, 2.45) is 11.8 Å². The van der Waals surface area contributed by atoms with Crippen molar-refractivity contribution in [3.8, 4) is 0 Å². The molecule has 0 saturated heterocycles. The lowest BCUT2D eigenvalue weighted by molar-refractivity contribution is -0.111. The van der Waals surface area contributed by atoms with Gasteiger partial charge in [-0.3, -0.25) is 4.79 Å². The highest BCUT2D eigenvalue weighted by Crippen LogP contribution is 2.56. The fourth-order valence-electron chi connectivity index (χ4n) is 6.28. The Morgan fingerprint density at radius 2 is 1.48 bits per heavy atom. The highest BCUT2D eigenvalue weighted by Gasteiger charge is 2.45. The van der Waals surface area contributed by atoms with E-state index in [9.17, 15) is 9.00 Å². The molecular weight excluding hydrogens is 569 g/mol. The molecule has 0 radical (unpaired) electrons. The number of ketones is 1. The monoisotopic (exact) mass is 610 g/mol. The Bertz CT molecular complexity index is 1350. The van der Waals surface area contributed by atoms with Crippen molar-refractivity contribution in [1.82, 2.24) is 0 Å². The number of hydrogen-bond donors (Lipinski definition) is 0. The maximum Gasteiger partial charge on any atom is 0.196 e. The summed E-state index contributed by atoms with van der Waals surface area (Å²) in [5.74, 6) is 1.39. The molecule has 214 valence electrons. The number of rotatable bonds is 14. The molecule has 0 spiro atoms. The molecular formula is C34H42O2S4. The Morgan fingerprint density at radius 3 is 2.05 bits per heavy atom. The second kappa shape index (κ2) is 13.7. The van der Waals surface area contributed by atoms with Crippen LogP contribution < -0.4 is 0 Å². The highest BCUT2D eigenvalue weighted by atomic mass is 32.2. The van der Waals surface area contributed by atoms with Gasteiger partial charge in [0.05, 0.1) is 20.6 Å². The SMILES string of the molecule is CCCCC(CC)CC1=C2C(=O)C3=C(c4cccs4)S(=O)C(c4cccs4)=C3C=C2C(CC(CC)CCCC)S1. The number of hydrogen-bond acceptors (Lipinski definition) is 5. The molecule has 2 nitrogen and oxygen atoms in total. The fraction of sp³-hybridized carbons (Fsp3) is 0.500. The summed E-state index contributed by atoms with van der Waals surface area (Å²) < 4.78 is 14.2. The molecule has 0 aromatic carbocycles. The first-order valence-electron chi connectivity index (χ1n) is 15.2. The van der Waals surface area contributed by atoms with E-state index in [0.29, 0.717) is 22.7 Å². The molecule has 2 aromatic heterocycles. The van der Waals surface area contributed by atoms with Gasteiger partial charge in [-0.05, 0) is 64.1 Å². The molecule has 0 saturated carbocycles. The lowest BCUT2D eigenvalue weighted by Crippen LogP contribution is -2.20. The predicted molar refractivity (Wildman–Crippen MR) is 178 cm³/mol. The van der Waals surface area contributed by atoms with Gasteiger partial charge >= 0.3 is 0 Å². The van der Waals surface area contributed by atoms with Crippen LogP contribution in [0.2, 0.25) is 0 Å². The second-order valence-electron chi connectivity index (χ2n) is 11.3. The first-order valence-corrected chi connectivity index (χ1v) is 19.0. The van der Waals surface area contributed by atoms with Crippen molar-refractivity contribution in [3.63, 3.8) is 0 Å². The van der Waals surface area contributed by atoms with Gasteiger partial charge in [0.25, 0.3) is 0 Å². The minimum atomic E-state index is -1.38. The third kappa shape index (κ3) is 5.88. The molecule has 2 aromatic rings. The molecule has 3 aliphatic rings. The van der Waals surface area contributed by atoms with E-state index in [2.05, 4.69) is 39.8 Å². The lowest BCUT2D eigenvalue weighted by atomic mass is 9.79. The Hall–Kier alpha value is -1.47. The molecule has 40 heavy (non-hydrogen) atoms. The Kier molecular flexibility index (Phi) is 10.3. The van der Waals surface area contributed by atoms with E-state index in [1.165, 1.54) is 55.4 Å². The minimum absolute atomic E-state index is 0.118. The standard InChI is InChI=1S/C34H42O2S4/c1-5-9-13-22(7-3)19-28-24-21-25-31(32(35)30(24)29(39-28)20-23(8-4)14-10-6-2)34(27-16-12-18-38-27)40(36)33(25)26-15-11-17-37-26/h11-12,15-18,21-23,28H,5-10,13-14,19-20H2,1-4H3. The summed E-state index contributed by atoms with van der Waals surface area (Å²) in [6.45, 7) is 9.15. The number of Topliss-reactive ketones (excluding diaryl/α,β-unsaturated/α-hetero) is 1. The summed E-state index contributed by atoms with van der Waals surface area (Å²) in [5.41, 5.74) is 3.77. The van der Waals surface area contributed by atoms with E-state index < -0.39 is 10.8 Å². The molecule has 0 bridgehead atoms. The zero-order valence-corrected chi connectivity index (χ0v) is 27.6. The number of thioether (sulfide) groups is 1. The van der Waals surface area contributed by atoms with Crippen molar-refractivity contribution in [3.05, 3.63) is 78.1 Å². The lowest BCUT2D eigenvalue weighted by Gasteiger charge is -2.23. The zero-order chi connectivity index (χ0) is 28.2. The van der Waals surface area contributed by atoms with Crippen molar-refractivity contribution in [1.29, 1.82) is 0 Å². The predicted octanol–water partition coefficient (Wildman–Crippen LogP) is 10.8. The summed E-state index contributed by atoms with van der Waals surface area (Å²) in [5, 5.41) is 4.36. The Balaban J connectivity index is 1.65. The molecule has 0 N–H and O–H groups in total. The van der Waals surface area contributed by atoms with Crippen LogP contribution in [0.25, 0.3) is 9.81 Å². The first kappa shape index (κ1) is 30.0. The van der Waals surface area contributed by atoms with Crippen LogP contribution in [0.15, 0.2) is 68.3 Å². The van der Waals surface area contributed by atoms with E-state index in [4.69, 9.17) is 0 Å². The van der Waals surface area contributed by atoms with Crippen LogP contribution in [-0.2, 0) is 15.6 Å². The van der Waals surface area contributed by atoms with Crippen LogP contribution in [0.3, 0.4) is 0 Å². The summed E-state index contributed by atoms with van der Waals surface area (Å²) in [6.07, 6.45) is 14.1. The van der Waals surface area contributed by atoms with Crippen LogP contribution in [0.5, 0.6) is 0 Å². The summed E-state index contributed by atoms with van der Waals surface area (Å²) >= 11 is 5.18. The molecule has 4 unspecified atom stereocenters. The Morgan fingerprint density at radius 1 is 0.850 bits per heavy atom. The molecule has 1 aliphatic carbocycles. The smallest absolute Gasteiger partial charge is 0.196 e. The highest BCUT2D eigenvalue weighted by molar-refractivity contribution is 8.04. The minimum Gasteiger partial charge on any atom is -0.288 e. The quantitative estimate of drug-likeness (QED) is 0.213. The fourth-order valence-corrected chi connectivity index (χ4v) is 11.5. The van der Waals surface area contributed by atoms with Crippen LogP contribution in [0, 0.1) is 11.8 Å². The molecule has 5 rings (SSSR count). The zero-order valence-electron chi connectivity index (χ0n) is 24.3. The van der Waals surface area contributed by atoms with Crippen LogP contribution in [0.1, 0.15) is 102 Å². The third-order valence-electron chi connectivity index (χ3n) is 8.66. The molecule has 0 amide bonds. The molecule has 4 heterocycles. The van der Waals surface area contributed by atoms with Crippen LogP contribution in [0.4, 0.5) is 0 Å². The number of unbranched alkanes of at least 4 members (excludes halogenated alkanes) is 2. The van der Waals surface area contributed by atoms with Gasteiger partial charge < -0.3 is 0 Å². The van der Waals surface area contributed by atoms with Gasteiger partial charge in [0.1, 0.15) is 0 Å². The van der Waals surface area contributed by atoms with E-state index in [1.807, 2.05) is 40.7 Å². The van der Waals surface area contributed by atoms with Gasteiger partial charge in [-0.25, -0.2) is 4.21 Å². The summed E-state index contributed by atoms with van der Waals surface area (Å²) in [7, 11) is -1.38. The van der Waals surface area contributed by atoms with E-state index in [-0.39, 0.29) is 5.78 Å². The number of thiophene rings is 2. The van der Waals surface area contributed by atoms with E-state index in [0.717, 1.165) is 50.0 Å². The summed E-state index contributed by atoms with van der Waals surface area (Å²) in [4.78, 5) is 19.5. The number of allylic oxidation sites excluding steroid dienone is 5. The molecule has 2 aliphatic heterocycles. The van der Waals surface area contributed by atoms with Gasteiger partial charge in [-0.2, -0.15) is 0 Å². The van der Waals surface area contributed by atoms with Gasteiger partial charge in [0, 0.05) is 31.7 Å². The van der Waals surface area contributed by atoms with Crippen molar-refractivity contribution in [2.45, 2.75) is 97.2 Å². The average molecular weight is 611 g/mol. The topological polar surface area (TPSA) is 34.1 Å². The average Bonchev–Trinajstić information content (AvgIpc) is 3.76. The normalized spacial score (nSPS) is 22.2. The number of fused-ring (bicyclic) bond motifs is 2. The van der Waals surface area contributed by atoms with Gasteiger partial charge in [-0.15, -0.1) is 34.4 Å². The number of carbonyl (C=O) groups is 1. The van der Waals surface area contributed by atoms with Crippen molar-refractivity contribution >= 4 is 60.8 Å². The van der Waals surface area contributed by atoms with Crippen LogP contribution in [-0.4, -0.2) is 15.2 Å². The maximum absolute atomic E-state index is 14.7. The third-order valence-corrected chi connectivity index (χ3v) is 13.7. The molecule has 0 fully saturated rings. The van der Waals surface area contributed by atoms with Crippen LogP contribution >= 0.6 is 34.4 Å². The largest absolute Gasteiger partial charge is 0.288 e. The van der Waals surface area contributed by atoms with Crippen molar-refractivity contribution < 1.29 is 9.00 Å². The van der Waals surface area contributed by atoms with Crippen molar-refractivity contribution in [2.75, 3.05) is 0 Å². The number of carbonyl (C=O) groups excluding carboxylic acids is 1. The van der Waals surface area contributed by atoms with Gasteiger partial charge in [0.15, 0.2) is 5.78 Å². The van der Waals surface area contributed by atoms with Gasteiger partial charge in [0.2, 0.25) is 0 Å². The van der Waals surface area contributed by atoms with E-state index >= 15 is 0 Å². The second-order valence-corrected chi connectivity index (χ2v) is 15.8. The van der Waals surface area contributed by atoms with E-state index in [1.54, 1.807) is 22.7 Å². The maximum atomic E-state index is 14.7. The first-order chi connectivity index (χ1) is 19.5. The molecule has 4 atom stereocenters. The Labute approximate surface area is 255 Å². The summed E-state index contributed by atoms with van der Waals surface area (Å²) in [6, 6.07) is 8.09. The molecule has 6 heteroatoms.